The van der Waals surface area contributed by atoms with Crippen LogP contribution in [0.3, 0.4) is 0 Å². The number of hydrogen-bond donors (Lipinski definition) is 1. The van der Waals surface area contributed by atoms with E-state index in [1.54, 1.807) is 0 Å². The second-order valence-corrected chi connectivity index (χ2v) is 3.18. The predicted octanol–water partition coefficient (Wildman–Crippen LogP) is 1.27. The summed E-state index contributed by atoms with van der Waals surface area (Å²) in [6.45, 7) is 2.79. The Morgan fingerprint density at radius 1 is 1.27 bits per heavy atom. The Morgan fingerprint density at radius 2 is 1.93 bits per heavy atom. The number of halogens is 3. The van der Waals surface area contributed by atoms with E-state index < -0.39 is 12.8 Å². The Labute approximate surface area is 87.8 Å². The first-order chi connectivity index (χ1) is 6.99. The van der Waals surface area contributed by atoms with Gasteiger partial charge in [-0.1, -0.05) is 6.92 Å². The molecule has 92 valence electrons. The maximum absolute atomic E-state index is 11.7. The molecule has 0 aromatic rings. The van der Waals surface area contributed by atoms with Gasteiger partial charge in [-0.3, -0.25) is 0 Å². The number of aliphatic hydroxyl groups excluding tert-OH is 1. The van der Waals surface area contributed by atoms with E-state index in [2.05, 4.69) is 4.74 Å². The molecule has 0 saturated heterocycles. The first kappa shape index (κ1) is 14.7. The van der Waals surface area contributed by atoms with Crippen LogP contribution in [0.15, 0.2) is 0 Å². The summed E-state index contributed by atoms with van der Waals surface area (Å²) in [6.07, 6.45) is -3.62. The average molecular weight is 229 g/mol. The quantitative estimate of drug-likeness (QED) is 0.636. The first-order valence-corrected chi connectivity index (χ1v) is 4.97. The van der Waals surface area contributed by atoms with E-state index in [1.165, 1.54) is 0 Å². The van der Waals surface area contributed by atoms with Gasteiger partial charge >= 0.3 is 6.18 Å². The van der Waals surface area contributed by atoms with Crippen molar-refractivity contribution in [2.24, 2.45) is 0 Å². The summed E-state index contributed by atoms with van der Waals surface area (Å²) < 4.78 is 39.6. The van der Waals surface area contributed by atoms with Crippen LogP contribution >= 0.6 is 0 Å². The number of ether oxygens (including phenoxy) is 1. The molecule has 0 spiro atoms. The van der Waals surface area contributed by atoms with Crippen LogP contribution in [0.5, 0.6) is 0 Å². The molecule has 0 rings (SSSR count). The highest BCUT2D eigenvalue weighted by Gasteiger charge is 2.27. The molecule has 0 aromatic heterocycles. The van der Waals surface area contributed by atoms with Gasteiger partial charge in [0.1, 0.15) is 6.61 Å². The molecule has 0 heterocycles. The Bertz CT molecular complexity index is 153. The van der Waals surface area contributed by atoms with Gasteiger partial charge < -0.3 is 14.7 Å². The SMILES string of the molecule is CCN(CCCO)CCOCC(F)(F)F. The molecular formula is C9H18F3NO2. The van der Waals surface area contributed by atoms with Gasteiger partial charge in [0.15, 0.2) is 0 Å². The second-order valence-electron chi connectivity index (χ2n) is 3.18. The lowest BCUT2D eigenvalue weighted by molar-refractivity contribution is -0.174. The van der Waals surface area contributed by atoms with Gasteiger partial charge in [0.2, 0.25) is 0 Å². The van der Waals surface area contributed by atoms with Crippen LogP contribution in [0, 0.1) is 0 Å². The van der Waals surface area contributed by atoms with Crippen LogP contribution in [0.1, 0.15) is 13.3 Å². The zero-order valence-electron chi connectivity index (χ0n) is 8.89. The number of nitrogens with zero attached hydrogens (tertiary/aromatic N) is 1. The van der Waals surface area contributed by atoms with Crippen molar-refractivity contribution >= 4 is 0 Å². The lowest BCUT2D eigenvalue weighted by Crippen LogP contribution is -2.30. The van der Waals surface area contributed by atoms with E-state index in [1.807, 2.05) is 11.8 Å². The van der Waals surface area contributed by atoms with Crippen LogP contribution in [0.4, 0.5) is 13.2 Å². The third kappa shape index (κ3) is 9.96. The van der Waals surface area contributed by atoms with Crippen molar-refractivity contribution in [2.45, 2.75) is 19.5 Å². The lowest BCUT2D eigenvalue weighted by atomic mass is 10.4. The monoisotopic (exact) mass is 229 g/mol. The van der Waals surface area contributed by atoms with Gasteiger partial charge in [-0.15, -0.1) is 0 Å². The second kappa shape index (κ2) is 7.90. The van der Waals surface area contributed by atoms with Gasteiger partial charge in [-0.2, -0.15) is 13.2 Å². The topological polar surface area (TPSA) is 32.7 Å². The maximum atomic E-state index is 11.7. The Hall–Kier alpha value is -0.330. The van der Waals surface area contributed by atoms with Crippen molar-refractivity contribution in [3.63, 3.8) is 0 Å². The van der Waals surface area contributed by atoms with Crippen molar-refractivity contribution in [3.8, 4) is 0 Å². The number of alkyl halides is 3. The molecule has 0 bridgehead atoms. The summed E-state index contributed by atoms with van der Waals surface area (Å²) in [5.74, 6) is 0. The minimum Gasteiger partial charge on any atom is -0.396 e. The van der Waals surface area contributed by atoms with E-state index in [9.17, 15) is 13.2 Å². The van der Waals surface area contributed by atoms with Crippen molar-refractivity contribution in [2.75, 3.05) is 39.5 Å². The Morgan fingerprint density at radius 3 is 2.40 bits per heavy atom. The third-order valence-electron chi connectivity index (χ3n) is 1.90. The maximum Gasteiger partial charge on any atom is 0.411 e. The molecule has 0 aliphatic heterocycles. The molecule has 6 heteroatoms. The van der Waals surface area contributed by atoms with Crippen molar-refractivity contribution in [1.82, 2.24) is 4.90 Å². The van der Waals surface area contributed by atoms with Gasteiger partial charge in [0.05, 0.1) is 6.61 Å². The molecule has 15 heavy (non-hydrogen) atoms. The lowest BCUT2D eigenvalue weighted by Gasteiger charge is -2.19. The van der Waals surface area contributed by atoms with Gasteiger partial charge in [-0.25, -0.2) is 0 Å². The number of likely N-dealkylation sites (N-methyl/N-ethyl adjacent to an activating group) is 1. The van der Waals surface area contributed by atoms with Crippen LogP contribution in [0.2, 0.25) is 0 Å². The summed E-state index contributed by atoms with van der Waals surface area (Å²) in [7, 11) is 0. The van der Waals surface area contributed by atoms with E-state index in [-0.39, 0.29) is 13.2 Å². The summed E-state index contributed by atoms with van der Waals surface area (Å²) in [6, 6.07) is 0. The van der Waals surface area contributed by atoms with Gasteiger partial charge in [-0.05, 0) is 13.0 Å². The van der Waals surface area contributed by atoms with Crippen LogP contribution in [-0.4, -0.2) is 55.6 Å². The van der Waals surface area contributed by atoms with Crippen LogP contribution < -0.4 is 0 Å². The standard InChI is InChI=1S/C9H18F3NO2/c1-2-13(4-3-6-14)5-7-15-8-9(10,11)12/h14H,2-8H2,1H3. The fourth-order valence-electron chi connectivity index (χ4n) is 1.10. The van der Waals surface area contributed by atoms with Crippen molar-refractivity contribution in [1.29, 1.82) is 0 Å². The molecule has 0 saturated carbocycles. The summed E-state index contributed by atoms with van der Waals surface area (Å²) in [5, 5.41) is 8.58. The van der Waals surface area contributed by atoms with Gasteiger partial charge in [0.25, 0.3) is 0 Å². The highest BCUT2D eigenvalue weighted by molar-refractivity contribution is 4.55. The van der Waals surface area contributed by atoms with Crippen LogP contribution in [-0.2, 0) is 4.74 Å². The normalized spacial score (nSPS) is 12.4. The minimum absolute atomic E-state index is 0.0682. The average Bonchev–Trinajstić information content (AvgIpc) is 2.15. The van der Waals surface area contributed by atoms with E-state index in [4.69, 9.17) is 5.11 Å². The number of hydrogen-bond acceptors (Lipinski definition) is 3. The highest BCUT2D eigenvalue weighted by Crippen LogP contribution is 2.14. The first-order valence-electron chi connectivity index (χ1n) is 4.97. The molecule has 0 aliphatic rings. The smallest absolute Gasteiger partial charge is 0.396 e. The summed E-state index contributed by atoms with van der Waals surface area (Å²) in [5.41, 5.74) is 0. The molecule has 0 radical (unpaired) electrons. The summed E-state index contributed by atoms with van der Waals surface area (Å²) in [4.78, 5) is 1.94. The predicted molar refractivity (Wildman–Crippen MR) is 50.7 cm³/mol. The van der Waals surface area contributed by atoms with E-state index >= 15 is 0 Å². The largest absolute Gasteiger partial charge is 0.411 e. The third-order valence-corrected chi connectivity index (χ3v) is 1.90. The molecule has 0 atom stereocenters. The zero-order chi connectivity index (χ0) is 11.7. The molecule has 1 N–H and O–H groups in total. The molecule has 0 unspecified atom stereocenters. The molecule has 0 aliphatic carbocycles. The zero-order valence-corrected chi connectivity index (χ0v) is 8.89. The van der Waals surface area contributed by atoms with Crippen LogP contribution in [0.25, 0.3) is 0 Å². The van der Waals surface area contributed by atoms with E-state index in [0.29, 0.717) is 19.5 Å². The number of aliphatic hydroxyl groups is 1. The molecular weight excluding hydrogens is 211 g/mol. The van der Waals surface area contributed by atoms with Crippen molar-refractivity contribution in [3.05, 3.63) is 0 Å². The fourth-order valence-corrected chi connectivity index (χ4v) is 1.10. The van der Waals surface area contributed by atoms with Gasteiger partial charge in [0, 0.05) is 19.7 Å². The highest BCUT2D eigenvalue weighted by atomic mass is 19.4. The number of rotatable bonds is 8. The Kier molecular flexibility index (Phi) is 7.72. The molecule has 0 amide bonds. The Balaban J connectivity index is 3.46. The van der Waals surface area contributed by atoms with E-state index in [0.717, 1.165) is 6.54 Å². The molecule has 0 aromatic carbocycles. The fraction of sp³-hybridized carbons (Fsp3) is 1.00. The molecule has 3 nitrogen and oxygen atoms in total. The molecule has 0 fully saturated rings. The van der Waals surface area contributed by atoms with Crippen molar-refractivity contribution < 1.29 is 23.0 Å². The summed E-state index contributed by atoms with van der Waals surface area (Å²) >= 11 is 0. The minimum atomic E-state index is -4.25.